The van der Waals surface area contributed by atoms with Gasteiger partial charge in [-0.2, -0.15) is 0 Å². The van der Waals surface area contributed by atoms with E-state index in [4.69, 9.17) is 14.6 Å². The number of aliphatic carboxylic acids is 1. The van der Waals surface area contributed by atoms with Crippen LogP contribution in [0, 0.1) is 0 Å². The third-order valence-corrected chi connectivity index (χ3v) is 3.55. The first kappa shape index (κ1) is 18.3. The van der Waals surface area contributed by atoms with E-state index in [9.17, 15) is 9.59 Å². The van der Waals surface area contributed by atoms with E-state index in [2.05, 4.69) is 5.32 Å². The van der Waals surface area contributed by atoms with Crippen LogP contribution in [0.15, 0.2) is 48.5 Å². The lowest BCUT2D eigenvalue weighted by Crippen LogP contribution is -2.23. The molecule has 0 atom stereocenters. The van der Waals surface area contributed by atoms with Crippen LogP contribution < -0.4 is 14.8 Å². The lowest BCUT2D eigenvalue weighted by atomic mass is 10.1. The maximum Gasteiger partial charge on any atom is 0.341 e. The molecule has 0 saturated carbocycles. The number of carbonyl (C=O) groups is 2. The zero-order chi connectivity index (χ0) is 18.1. The number of carboxylic acid groups (broad SMARTS) is 1. The van der Waals surface area contributed by atoms with Crippen LogP contribution in [0.4, 0.5) is 0 Å². The molecule has 0 aliphatic carbocycles. The molecule has 0 saturated heterocycles. The number of hydrogen-bond donors (Lipinski definition) is 2. The Balaban J connectivity index is 1.77. The second-order valence-electron chi connectivity index (χ2n) is 5.45. The van der Waals surface area contributed by atoms with E-state index in [0.29, 0.717) is 25.1 Å². The molecule has 0 aliphatic heterocycles. The van der Waals surface area contributed by atoms with Crippen LogP contribution in [-0.4, -0.2) is 30.7 Å². The van der Waals surface area contributed by atoms with Crippen LogP contribution in [0.5, 0.6) is 11.5 Å². The Morgan fingerprint density at radius 1 is 1.04 bits per heavy atom. The van der Waals surface area contributed by atoms with Gasteiger partial charge in [0.15, 0.2) is 6.61 Å². The minimum Gasteiger partial charge on any atom is -0.497 e. The number of benzene rings is 2. The van der Waals surface area contributed by atoms with Crippen LogP contribution in [-0.2, 0) is 22.6 Å². The van der Waals surface area contributed by atoms with Crippen molar-refractivity contribution in [3.63, 3.8) is 0 Å². The van der Waals surface area contributed by atoms with Gasteiger partial charge in [0, 0.05) is 13.0 Å². The summed E-state index contributed by atoms with van der Waals surface area (Å²) in [6.45, 7) is -0.0244. The fraction of sp³-hybridized carbons (Fsp3) is 0.263. The zero-order valence-corrected chi connectivity index (χ0v) is 14.0. The molecular formula is C19H21NO5. The summed E-state index contributed by atoms with van der Waals surface area (Å²) in [6, 6.07) is 14.6. The van der Waals surface area contributed by atoms with Crippen molar-refractivity contribution in [2.24, 2.45) is 0 Å². The molecule has 0 spiro atoms. The minimum absolute atomic E-state index is 0.0484. The van der Waals surface area contributed by atoms with Crippen molar-refractivity contribution in [3.8, 4) is 11.5 Å². The quantitative estimate of drug-likeness (QED) is 0.730. The monoisotopic (exact) mass is 343 g/mol. The van der Waals surface area contributed by atoms with E-state index in [0.717, 1.165) is 16.9 Å². The van der Waals surface area contributed by atoms with Gasteiger partial charge in [0.25, 0.3) is 0 Å². The molecule has 25 heavy (non-hydrogen) atoms. The van der Waals surface area contributed by atoms with Crippen molar-refractivity contribution >= 4 is 11.9 Å². The Labute approximate surface area is 146 Å². The largest absolute Gasteiger partial charge is 0.497 e. The molecule has 0 bridgehead atoms. The first-order valence-corrected chi connectivity index (χ1v) is 7.90. The van der Waals surface area contributed by atoms with Gasteiger partial charge in [0.05, 0.1) is 7.11 Å². The van der Waals surface area contributed by atoms with Gasteiger partial charge in [-0.1, -0.05) is 24.3 Å². The fourth-order valence-electron chi connectivity index (χ4n) is 2.23. The van der Waals surface area contributed by atoms with E-state index in [1.807, 2.05) is 30.3 Å². The van der Waals surface area contributed by atoms with Crippen molar-refractivity contribution in [2.75, 3.05) is 13.7 Å². The van der Waals surface area contributed by atoms with E-state index >= 15 is 0 Å². The van der Waals surface area contributed by atoms with E-state index in [-0.39, 0.29) is 5.91 Å². The van der Waals surface area contributed by atoms with Gasteiger partial charge < -0.3 is 19.9 Å². The molecule has 0 unspecified atom stereocenters. The zero-order valence-electron chi connectivity index (χ0n) is 14.0. The number of carboxylic acids is 1. The molecule has 0 heterocycles. The third-order valence-electron chi connectivity index (χ3n) is 3.55. The topological polar surface area (TPSA) is 84.9 Å². The minimum atomic E-state index is -1.03. The Morgan fingerprint density at radius 3 is 2.48 bits per heavy atom. The Bertz CT molecular complexity index is 712. The summed E-state index contributed by atoms with van der Waals surface area (Å²) < 4.78 is 10.2. The van der Waals surface area contributed by atoms with Gasteiger partial charge in [-0.3, -0.25) is 4.79 Å². The summed E-state index contributed by atoms with van der Waals surface area (Å²) >= 11 is 0. The number of hydrogen-bond acceptors (Lipinski definition) is 4. The van der Waals surface area contributed by atoms with Gasteiger partial charge >= 0.3 is 5.97 Å². The van der Waals surface area contributed by atoms with E-state index in [1.54, 1.807) is 25.3 Å². The Morgan fingerprint density at radius 2 is 1.80 bits per heavy atom. The summed E-state index contributed by atoms with van der Waals surface area (Å²) in [4.78, 5) is 22.5. The predicted octanol–water partition coefficient (Wildman–Crippen LogP) is 2.41. The van der Waals surface area contributed by atoms with E-state index < -0.39 is 12.6 Å². The third kappa shape index (κ3) is 6.55. The lowest BCUT2D eigenvalue weighted by Gasteiger charge is -2.08. The molecule has 1 amide bonds. The normalized spacial score (nSPS) is 10.1. The molecule has 0 aliphatic rings. The molecule has 0 fully saturated rings. The first-order chi connectivity index (χ1) is 12.1. The molecule has 2 aromatic rings. The Hall–Kier alpha value is -3.02. The van der Waals surface area contributed by atoms with Crippen molar-refractivity contribution < 1.29 is 24.2 Å². The average molecular weight is 343 g/mol. The number of methoxy groups -OCH3 is 1. The molecule has 2 aromatic carbocycles. The Kier molecular flexibility index (Phi) is 6.83. The average Bonchev–Trinajstić information content (AvgIpc) is 2.63. The second kappa shape index (κ2) is 9.32. The molecule has 6 nitrogen and oxygen atoms in total. The number of amides is 1. The second-order valence-corrected chi connectivity index (χ2v) is 5.45. The molecule has 0 aromatic heterocycles. The molecule has 0 radical (unpaired) electrons. The molecular weight excluding hydrogens is 322 g/mol. The van der Waals surface area contributed by atoms with Gasteiger partial charge in [-0.15, -0.1) is 0 Å². The maximum absolute atomic E-state index is 12.0. The van der Waals surface area contributed by atoms with Crippen LogP contribution in [0.25, 0.3) is 0 Å². The van der Waals surface area contributed by atoms with Crippen LogP contribution in [0.2, 0.25) is 0 Å². The molecule has 132 valence electrons. The van der Waals surface area contributed by atoms with Crippen LogP contribution in [0.1, 0.15) is 17.5 Å². The molecule has 2 rings (SSSR count). The highest BCUT2D eigenvalue weighted by Gasteiger charge is 2.05. The van der Waals surface area contributed by atoms with Crippen LogP contribution in [0.3, 0.4) is 0 Å². The fourth-order valence-corrected chi connectivity index (χ4v) is 2.23. The SMILES string of the molecule is COc1ccc(CCC(=O)NCc2cccc(OCC(=O)O)c2)cc1. The number of rotatable bonds is 9. The van der Waals surface area contributed by atoms with Crippen molar-refractivity contribution in [2.45, 2.75) is 19.4 Å². The van der Waals surface area contributed by atoms with Crippen molar-refractivity contribution in [3.05, 3.63) is 59.7 Å². The van der Waals surface area contributed by atoms with Gasteiger partial charge in [-0.05, 0) is 41.8 Å². The van der Waals surface area contributed by atoms with Gasteiger partial charge in [0.1, 0.15) is 11.5 Å². The molecule has 6 heteroatoms. The summed E-state index contributed by atoms with van der Waals surface area (Å²) in [5.74, 6) is 0.176. The maximum atomic E-state index is 12.0. The number of ether oxygens (including phenoxy) is 2. The lowest BCUT2D eigenvalue weighted by molar-refractivity contribution is -0.139. The highest BCUT2D eigenvalue weighted by Crippen LogP contribution is 2.14. The van der Waals surface area contributed by atoms with Crippen molar-refractivity contribution in [1.29, 1.82) is 0 Å². The highest BCUT2D eigenvalue weighted by atomic mass is 16.5. The van der Waals surface area contributed by atoms with Crippen LogP contribution >= 0.6 is 0 Å². The summed E-state index contributed by atoms with van der Waals surface area (Å²) in [5.41, 5.74) is 1.92. The standard InChI is InChI=1S/C19H21NO5/c1-24-16-8-5-14(6-9-16)7-10-18(21)20-12-15-3-2-4-17(11-15)25-13-19(22)23/h2-6,8-9,11H,7,10,12-13H2,1H3,(H,20,21)(H,22,23). The highest BCUT2D eigenvalue weighted by molar-refractivity contribution is 5.76. The predicted molar refractivity (Wildman–Crippen MR) is 92.7 cm³/mol. The van der Waals surface area contributed by atoms with Gasteiger partial charge in [-0.25, -0.2) is 4.79 Å². The summed E-state index contributed by atoms with van der Waals surface area (Å²) in [7, 11) is 1.62. The number of carbonyl (C=O) groups excluding carboxylic acids is 1. The smallest absolute Gasteiger partial charge is 0.341 e. The van der Waals surface area contributed by atoms with Gasteiger partial charge in [0.2, 0.25) is 5.91 Å². The summed E-state index contributed by atoms with van der Waals surface area (Å²) in [5, 5.41) is 11.5. The summed E-state index contributed by atoms with van der Waals surface area (Å²) in [6.07, 6.45) is 1.04. The van der Waals surface area contributed by atoms with E-state index in [1.165, 1.54) is 0 Å². The molecule has 2 N–H and O–H groups in total. The number of aryl methyl sites for hydroxylation is 1. The first-order valence-electron chi connectivity index (χ1n) is 7.90. The van der Waals surface area contributed by atoms with Crippen molar-refractivity contribution in [1.82, 2.24) is 5.32 Å². The number of nitrogens with one attached hydrogen (secondary N) is 1.